The normalized spacial score (nSPS) is 14.9. The van der Waals surface area contributed by atoms with Gasteiger partial charge >= 0.3 is 59.1 Å². The average molecular weight is 216 g/mol. The Balaban J connectivity index is -0.000000245. The number of hydrogen-bond donors (Lipinski definition) is 0. The number of rotatable bonds is 2. The molecule has 1 atom stereocenters. The van der Waals surface area contributed by atoms with Crippen molar-refractivity contribution in [3.05, 3.63) is 0 Å². The first-order valence-electron chi connectivity index (χ1n) is 2.12. The van der Waals surface area contributed by atoms with Gasteiger partial charge in [0, 0.05) is 0 Å². The van der Waals surface area contributed by atoms with Crippen LogP contribution in [0.15, 0.2) is 0 Å². The van der Waals surface area contributed by atoms with E-state index in [1.54, 1.807) is 13.8 Å². The maximum atomic E-state index is 10.4. The van der Waals surface area contributed by atoms with Gasteiger partial charge in [-0.1, -0.05) is 0 Å². The van der Waals surface area contributed by atoms with Crippen LogP contribution in [0.3, 0.4) is 0 Å². The fraction of sp³-hybridized carbons (Fsp3) is 1.00. The average Bonchev–Trinajstić information content (AvgIpc) is 1.21. The summed E-state index contributed by atoms with van der Waals surface area (Å²) in [5, 5.41) is 0. The van der Waals surface area contributed by atoms with Crippen LogP contribution >= 0.6 is 5.69 Å². The fourth-order valence-corrected chi connectivity index (χ4v) is 1.81. The van der Waals surface area contributed by atoms with Gasteiger partial charge in [-0.25, -0.2) is 0 Å². The summed E-state index contributed by atoms with van der Waals surface area (Å²) in [6.45, 7) is 3.48. The van der Waals surface area contributed by atoms with Crippen molar-refractivity contribution in [3.63, 3.8) is 0 Å². The monoisotopic (exact) mass is 216 g/mol. The third-order valence-electron chi connectivity index (χ3n) is 0.340. The summed E-state index contributed by atoms with van der Waals surface area (Å²) in [6, 6.07) is 0. The van der Waals surface area contributed by atoms with Crippen LogP contribution in [0.5, 0.6) is 0 Å². The van der Waals surface area contributed by atoms with Gasteiger partial charge in [-0.3, -0.25) is 0 Å². The van der Waals surface area contributed by atoms with Crippen LogP contribution in [-0.4, -0.2) is 6.10 Å². The molecule has 0 amide bonds. The molecule has 1 unspecified atom stereocenters. The van der Waals surface area contributed by atoms with Gasteiger partial charge in [-0.15, -0.1) is 17.5 Å². The van der Waals surface area contributed by atoms with Crippen LogP contribution in [0.1, 0.15) is 13.8 Å². The standard InChI is InChI=1S/C3H9O2PS2.2Na/c1-3(2)5-6(4,7)8;;/h3H,1-2H3,(H2,4,7,8);;/q;2*+1/p-2. The molecule has 0 aromatic rings. The summed E-state index contributed by atoms with van der Waals surface area (Å²) in [5.41, 5.74) is -3.06. The zero-order valence-electron chi connectivity index (χ0n) is 6.66. The van der Waals surface area contributed by atoms with E-state index in [4.69, 9.17) is 0 Å². The second kappa shape index (κ2) is 8.52. The maximum Gasteiger partial charge on any atom is 1.00 e. The summed E-state index contributed by atoms with van der Waals surface area (Å²) < 4.78 is 4.62. The zero-order chi connectivity index (χ0) is 6.78. The summed E-state index contributed by atoms with van der Waals surface area (Å²) in [5.74, 6) is 0. The van der Waals surface area contributed by atoms with Crippen LogP contribution in [0.25, 0.3) is 0 Å². The second-order valence-electron chi connectivity index (χ2n) is 1.60. The first-order chi connectivity index (χ1) is 3.42. The smallest absolute Gasteiger partial charge is 0.819 e. The molecule has 0 saturated carbocycles. The van der Waals surface area contributed by atoms with E-state index in [9.17, 15) is 4.89 Å². The molecule has 0 radical (unpaired) electrons. The van der Waals surface area contributed by atoms with E-state index in [1.165, 1.54) is 0 Å². The molecule has 0 bridgehead atoms. The van der Waals surface area contributed by atoms with E-state index in [-0.39, 0.29) is 65.2 Å². The molecule has 0 heterocycles. The minimum atomic E-state index is -3.06. The van der Waals surface area contributed by atoms with E-state index in [2.05, 4.69) is 28.6 Å². The van der Waals surface area contributed by atoms with Gasteiger partial charge < -0.3 is 21.7 Å². The molecule has 0 aliphatic rings. The Morgan fingerprint density at radius 1 is 1.50 bits per heavy atom. The molecule has 0 fully saturated rings. The van der Waals surface area contributed by atoms with Gasteiger partial charge in [-0.05, 0) is 13.8 Å². The summed E-state index contributed by atoms with van der Waals surface area (Å²) in [4.78, 5) is 10.4. The molecule has 7 heteroatoms. The van der Waals surface area contributed by atoms with Gasteiger partial charge in [0.25, 0.3) is 0 Å². The molecule has 0 spiro atoms. The Kier molecular flexibility index (Phi) is 15.9. The molecule has 0 saturated heterocycles. The van der Waals surface area contributed by atoms with Crippen molar-refractivity contribution in [2.24, 2.45) is 0 Å². The topological polar surface area (TPSA) is 32.3 Å². The van der Waals surface area contributed by atoms with Gasteiger partial charge in [0.15, 0.2) is 0 Å². The van der Waals surface area contributed by atoms with Crippen molar-refractivity contribution in [2.45, 2.75) is 20.0 Å². The van der Waals surface area contributed by atoms with Crippen molar-refractivity contribution < 1.29 is 68.5 Å². The van der Waals surface area contributed by atoms with E-state index in [0.29, 0.717) is 0 Å². The van der Waals surface area contributed by atoms with E-state index in [0.717, 1.165) is 0 Å². The molecule has 0 aliphatic heterocycles. The van der Waals surface area contributed by atoms with Crippen molar-refractivity contribution in [2.75, 3.05) is 0 Å². The molecule has 0 aliphatic carbocycles. The summed E-state index contributed by atoms with van der Waals surface area (Å²) in [7, 11) is 0. The molecule has 50 valence electrons. The van der Waals surface area contributed by atoms with Crippen LogP contribution in [-0.2, 0) is 28.6 Å². The van der Waals surface area contributed by atoms with Crippen molar-refractivity contribution in [1.29, 1.82) is 0 Å². The third-order valence-corrected chi connectivity index (χ3v) is 1.54. The first-order valence-corrected chi connectivity index (χ1v) is 5.77. The van der Waals surface area contributed by atoms with Gasteiger partial charge in [0.2, 0.25) is 0 Å². The van der Waals surface area contributed by atoms with Crippen molar-refractivity contribution in [3.8, 4) is 0 Å². The Morgan fingerprint density at radius 2 is 1.80 bits per heavy atom. The Morgan fingerprint density at radius 3 is 1.80 bits per heavy atom. The van der Waals surface area contributed by atoms with Crippen LogP contribution in [0, 0.1) is 0 Å². The molecule has 2 nitrogen and oxygen atoms in total. The zero-order valence-corrected chi connectivity index (χ0v) is 13.2. The molecule has 10 heavy (non-hydrogen) atoms. The molecule has 0 aromatic heterocycles. The minimum absolute atomic E-state index is 0. The summed E-state index contributed by atoms with van der Waals surface area (Å²) >= 11 is 8.62. The predicted octanol–water partition coefficient (Wildman–Crippen LogP) is -5.45. The van der Waals surface area contributed by atoms with E-state index < -0.39 is 5.69 Å². The number of hydrogen-bond acceptors (Lipinski definition) is 4. The third kappa shape index (κ3) is 17.1. The van der Waals surface area contributed by atoms with E-state index in [1.807, 2.05) is 0 Å². The summed E-state index contributed by atoms with van der Waals surface area (Å²) in [6.07, 6.45) is -0.129. The molecule has 0 N–H and O–H groups in total. The van der Waals surface area contributed by atoms with E-state index >= 15 is 0 Å². The molecular weight excluding hydrogens is 209 g/mol. The Hall–Kier alpha value is 2.92. The minimum Gasteiger partial charge on any atom is -0.819 e. The molecule has 0 rings (SSSR count). The van der Waals surface area contributed by atoms with Crippen LogP contribution in [0.4, 0.5) is 0 Å². The largest absolute Gasteiger partial charge is 1.00 e. The maximum absolute atomic E-state index is 10.4. The van der Waals surface area contributed by atoms with Crippen LogP contribution in [0.2, 0.25) is 0 Å². The van der Waals surface area contributed by atoms with Crippen LogP contribution < -0.4 is 64.0 Å². The van der Waals surface area contributed by atoms with Crippen molar-refractivity contribution in [1.82, 2.24) is 0 Å². The predicted molar refractivity (Wildman–Crippen MR) is 37.9 cm³/mol. The fourth-order valence-electron chi connectivity index (χ4n) is 0.258. The van der Waals surface area contributed by atoms with Crippen molar-refractivity contribution >= 4 is 29.7 Å². The van der Waals surface area contributed by atoms with Gasteiger partial charge in [0.05, 0.1) is 6.10 Å². The molecular formula is C3H7Na2O2PS2. The Bertz CT molecular complexity index is 115. The SMILES string of the molecule is CC(C)OP([O-])(=S)[S-].[Na+].[Na+]. The Labute approximate surface area is 116 Å². The van der Waals surface area contributed by atoms with Gasteiger partial charge in [0.1, 0.15) is 0 Å². The van der Waals surface area contributed by atoms with Gasteiger partial charge in [-0.2, -0.15) is 0 Å². The molecule has 0 aromatic carbocycles. The first kappa shape index (κ1) is 18.7. The quantitative estimate of drug-likeness (QED) is 0.262. The second-order valence-corrected chi connectivity index (χ2v) is 6.28.